The molecule has 0 aliphatic carbocycles. The lowest BCUT2D eigenvalue weighted by molar-refractivity contribution is -0.161. The van der Waals surface area contributed by atoms with Gasteiger partial charge in [-0.25, -0.2) is 9.13 Å². The van der Waals surface area contributed by atoms with E-state index in [-0.39, 0.29) is 19.3 Å². The van der Waals surface area contributed by atoms with Crippen molar-refractivity contribution in [1.29, 1.82) is 0 Å². The number of carbonyl (C=O) groups is 3. The number of esters is 3. The van der Waals surface area contributed by atoms with Crippen LogP contribution in [-0.2, 0) is 55.8 Å². The number of hydrogen-bond acceptors (Lipinski definition) is 14. The highest BCUT2D eigenvalue weighted by atomic mass is 31.2. The van der Waals surface area contributed by atoms with E-state index in [4.69, 9.17) is 32.3 Å². The Bertz CT molecular complexity index is 2580. The fraction of sp³-hybridized carbons (Fsp3) is 0.674. The van der Waals surface area contributed by atoms with Crippen molar-refractivity contribution in [1.82, 2.24) is 0 Å². The molecule has 0 saturated heterocycles. The Balaban J connectivity index is 4.67. The van der Waals surface area contributed by atoms with Crippen molar-refractivity contribution < 1.29 is 75.8 Å². The van der Waals surface area contributed by atoms with Gasteiger partial charge in [0, 0.05) is 19.3 Å². The normalized spacial score (nSPS) is 14.7. The summed E-state index contributed by atoms with van der Waals surface area (Å²) in [6.45, 7) is 2.49. The maximum absolute atomic E-state index is 13.0. The molecule has 0 aliphatic heterocycles. The van der Waals surface area contributed by atoms with Gasteiger partial charge < -0.3 is 34.2 Å². The molecule has 612 valence electrons. The summed E-state index contributed by atoms with van der Waals surface area (Å²) in [5.74, 6) is -1.60. The second-order valence-electron chi connectivity index (χ2n) is 27.5. The van der Waals surface area contributed by atoms with Crippen LogP contribution in [0.2, 0.25) is 0 Å². The molecule has 0 aromatic carbocycles. The first-order chi connectivity index (χ1) is 52.2. The highest BCUT2D eigenvalue weighted by Crippen LogP contribution is 2.45. The van der Waals surface area contributed by atoms with Crippen LogP contribution in [0.3, 0.4) is 0 Å². The first kappa shape index (κ1) is 102. The molecule has 0 spiro atoms. The molecular formula is C89H150O16P2. The zero-order valence-corrected chi connectivity index (χ0v) is 68.8. The second kappa shape index (κ2) is 80.7. The van der Waals surface area contributed by atoms with Crippen molar-refractivity contribution in [3.05, 3.63) is 158 Å². The number of phosphoric acid groups is 2. The van der Waals surface area contributed by atoms with Gasteiger partial charge in [-0.3, -0.25) is 32.5 Å². The monoisotopic (exact) mass is 1540 g/mol. The van der Waals surface area contributed by atoms with Gasteiger partial charge in [0.05, 0.1) is 26.4 Å². The predicted molar refractivity (Wildman–Crippen MR) is 445 cm³/mol. The van der Waals surface area contributed by atoms with Crippen molar-refractivity contribution in [3.63, 3.8) is 0 Å². The highest BCUT2D eigenvalue weighted by Gasteiger charge is 2.29. The Morgan fingerprint density at radius 3 is 0.785 bits per heavy atom. The number of unbranched alkanes of at least 4 members (excludes halogenated alkanes) is 29. The maximum Gasteiger partial charge on any atom is 0.472 e. The number of allylic oxidation sites excluding steroid dienone is 26. The lowest BCUT2D eigenvalue weighted by Crippen LogP contribution is -2.30. The van der Waals surface area contributed by atoms with Crippen LogP contribution in [-0.4, -0.2) is 95.9 Å². The number of rotatable bonds is 78. The number of phosphoric ester groups is 2. The van der Waals surface area contributed by atoms with Crippen LogP contribution in [0.5, 0.6) is 0 Å². The number of ether oxygens (including phenoxy) is 3. The van der Waals surface area contributed by atoms with Gasteiger partial charge in [-0.15, -0.1) is 0 Å². The van der Waals surface area contributed by atoms with E-state index in [2.05, 4.69) is 179 Å². The molecular weight excluding hydrogens is 1390 g/mol. The molecule has 0 saturated carbocycles. The van der Waals surface area contributed by atoms with Gasteiger partial charge in [0.15, 0.2) is 6.10 Å². The number of aliphatic hydroxyl groups is 2. The molecule has 0 heterocycles. The molecule has 0 amide bonds. The molecule has 107 heavy (non-hydrogen) atoms. The van der Waals surface area contributed by atoms with E-state index in [1.807, 2.05) is 0 Å². The van der Waals surface area contributed by atoms with Gasteiger partial charge in [-0.2, -0.15) is 0 Å². The summed E-state index contributed by atoms with van der Waals surface area (Å²) < 4.78 is 61.3. The van der Waals surface area contributed by atoms with E-state index in [1.165, 1.54) is 89.9 Å². The third-order valence-electron chi connectivity index (χ3n) is 17.2. The van der Waals surface area contributed by atoms with E-state index in [0.29, 0.717) is 19.3 Å². The minimum absolute atomic E-state index is 0.0845. The van der Waals surface area contributed by atoms with E-state index in [0.717, 1.165) is 180 Å². The van der Waals surface area contributed by atoms with Crippen LogP contribution in [0, 0.1) is 0 Å². The fourth-order valence-corrected chi connectivity index (χ4v) is 12.4. The van der Waals surface area contributed by atoms with Crippen molar-refractivity contribution in [2.75, 3.05) is 39.6 Å². The molecule has 5 atom stereocenters. The Morgan fingerprint density at radius 2 is 0.495 bits per heavy atom. The van der Waals surface area contributed by atoms with Crippen LogP contribution in [0.25, 0.3) is 0 Å². The summed E-state index contributed by atoms with van der Waals surface area (Å²) in [7, 11) is -9.81. The summed E-state index contributed by atoms with van der Waals surface area (Å²) in [5.41, 5.74) is 0. The minimum atomic E-state index is -4.95. The van der Waals surface area contributed by atoms with Crippen molar-refractivity contribution in [2.24, 2.45) is 0 Å². The van der Waals surface area contributed by atoms with Crippen molar-refractivity contribution in [3.8, 4) is 0 Å². The van der Waals surface area contributed by atoms with Crippen LogP contribution in [0.4, 0.5) is 0 Å². The lowest BCUT2D eigenvalue weighted by Gasteiger charge is -2.21. The smallest absolute Gasteiger partial charge is 0.463 e. The molecule has 5 unspecified atom stereocenters. The highest BCUT2D eigenvalue weighted by molar-refractivity contribution is 7.47. The SMILES string of the molecule is CC/C=C\C/C=C\C/C=C\C/C=C\C/C=C\C/C=C\CCCCCCCCCCC(=O)OCC(O)COP(=O)(O)OCC(O)COP(=O)(O)OCC(COC(=O)CCCCCCCCCCC/C=C\C/C=C\C/C=C\C/C=C\CCCCC)OC(=O)CCCCCCCC/C=C\C/C=C\C/C=C\CCCCC. The van der Waals surface area contributed by atoms with Crippen molar-refractivity contribution >= 4 is 33.6 Å². The number of aliphatic hydroxyl groups excluding tert-OH is 2. The lowest BCUT2D eigenvalue weighted by atomic mass is 10.1. The number of hydrogen-bond donors (Lipinski definition) is 4. The first-order valence-electron chi connectivity index (χ1n) is 41.8. The Kier molecular flexibility index (Phi) is 77.0. The summed E-state index contributed by atoms with van der Waals surface area (Å²) in [5, 5.41) is 20.7. The molecule has 0 fully saturated rings. The Morgan fingerprint density at radius 1 is 0.271 bits per heavy atom. The summed E-state index contributed by atoms with van der Waals surface area (Å²) >= 11 is 0. The molecule has 0 radical (unpaired) electrons. The molecule has 0 bridgehead atoms. The second-order valence-corrected chi connectivity index (χ2v) is 30.4. The first-order valence-corrected chi connectivity index (χ1v) is 44.8. The molecule has 16 nitrogen and oxygen atoms in total. The van der Waals surface area contributed by atoms with E-state index in [9.17, 15) is 43.5 Å². The van der Waals surface area contributed by atoms with Crippen LogP contribution >= 0.6 is 15.6 Å². The molecule has 0 aromatic heterocycles. The van der Waals surface area contributed by atoms with E-state index in [1.54, 1.807) is 0 Å². The maximum atomic E-state index is 13.0. The van der Waals surface area contributed by atoms with Gasteiger partial charge in [0.1, 0.15) is 25.4 Å². The minimum Gasteiger partial charge on any atom is -0.463 e. The van der Waals surface area contributed by atoms with Gasteiger partial charge in [-0.1, -0.05) is 314 Å². The molecule has 0 aliphatic rings. The summed E-state index contributed by atoms with van der Waals surface area (Å²) in [6, 6.07) is 0. The Hall–Kier alpha value is -4.83. The van der Waals surface area contributed by atoms with Crippen LogP contribution < -0.4 is 0 Å². The van der Waals surface area contributed by atoms with Gasteiger partial charge >= 0.3 is 33.6 Å². The summed E-state index contributed by atoms with van der Waals surface area (Å²) in [6.07, 6.45) is 101. The number of carbonyl (C=O) groups excluding carboxylic acids is 3. The van der Waals surface area contributed by atoms with Crippen LogP contribution in [0.15, 0.2) is 158 Å². The molecule has 0 aromatic rings. The third kappa shape index (κ3) is 82.0. The standard InChI is InChI=1S/C89H150O16P2/c1-4-7-10-13-16-19-22-25-28-31-34-36-38-40-41-43-45-46-49-51-54-57-60-63-66-69-72-75-87(92)99-78-84(90)79-101-106(95,96)102-80-85(91)81-103-107(97,98)104-83-86(105-89(94)77-74-71-68-65-62-59-56-53-48-33-30-27-24-21-18-15-12-9-6-3)82-100-88(93)76-73-70-67-64-61-58-55-52-50-47-44-42-39-37-35-32-29-26-23-20-17-14-11-8-5-2/h7,10,16-21,25-30,34-37,40-42,44-46,48,53,84-86,90-91H,4-6,8-9,11-15,22-24,31-33,38-39,43,47,49-52,54-83H2,1-3H3,(H,95,96)(H,97,98)/b10-7-,19-16-,20-17-,21-18-,28-25-,29-26-,30-27-,36-34-,37-35-,41-40-,44-42-,46-45-,53-48-. The van der Waals surface area contributed by atoms with Gasteiger partial charge in [-0.05, 0) is 154 Å². The Labute approximate surface area is 650 Å². The van der Waals surface area contributed by atoms with Gasteiger partial charge in [0.2, 0.25) is 0 Å². The third-order valence-corrected chi connectivity index (χ3v) is 19.1. The van der Waals surface area contributed by atoms with Crippen LogP contribution in [0.1, 0.15) is 329 Å². The van der Waals surface area contributed by atoms with E-state index >= 15 is 0 Å². The predicted octanol–water partition coefficient (Wildman–Crippen LogP) is 25.0. The van der Waals surface area contributed by atoms with Gasteiger partial charge in [0.25, 0.3) is 0 Å². The fourth-order valence-electron chi connectivity index (χ4n) is 10.9. The quantitative estimate of drug-likeness (QED) is 0.0146. The largest absolute Gasteiger partial charge is 0.472 e. The van der Waals surface area contributed by atoms with Crippen molar-refractivity contribution in [2.45, 2.75) is 347 Å². The zero-order chi connectivity index (χ0) is 78.0. The van der Waals surface area contributed by atoms with E-state index < -0.39 is 91.5 Å². The zero-order valence-electron chi connectivity index (χ0n) is 67.0. The average Bonchev–Trinajstić information content (AvgIpc) is 0.903. The molecule has 0 rings (SSSR count). The summed E-state index contributed by atoms with van der Waals surface area (Å²) in [4.78, 5) is 58.8. The topological polar surface area (TPSA) is 231 Å². The molecule has 4 N–H and O–H groups in total. The molecule has 18 heteroatoms. The average molecular weight is 1540 g/mol.